The zero-order chi connectivity index (χ0) is 23.4. The van der Waals surface area contributed by atoms with E-state index in [9.17, 15) is 21.6 Å². The summed E-state index contributed by atoms with van der Waals surface area (Å²) in [4.78, 5) is 0. The number of anilines is 1. The normalized spacial score (nSPS) is 16.2. The molecule has 1 aromatic rings. The lowest BCUT2D eigenvalue weighted by atomic mass is 9.94. The van der Waals surface area contributed by atoms with Gasteiger partial charge in [0.15, 0.2) is 0 Å². The number of nitrogens with zero attached hydrogens (tertiary/aromatic N) is 2. The lowest BCUT2D eigenvalue weighted by Crippen LogP contribution is -2.47. The predicted octanol–water partition coefficient (Wildman–Crippen LogP) is 4.75. The van der Waals surface area contributed by atoms with Crippen LogP contribution in [-0.4, -0.2) is 44.6 Å². The molecule has 0 saturated carbocycles. The molecule has 1 aromatic carbocycles. The second-order valence-electron chi connectivity index (χ2n) is 7.52. The number of hydrogen-bond donors (Lipinski definition) is 1. The summed E-state index contributed by atoms with van der Waals surface area (Å²) in [5.74, 6) is 0. The molecule has 0 fully saturated rings. The maximum atomic E-state index is 13.0. The Labute approximate surface area is 183 Å². The van der Waals surface area contributed by atoms with Gasteiger partial charge in [-0.05, 0) is 63.1 Å². The second-order valence-corrected chi connectivity index (χ2v) is 9.30. The number of alkyl halides is 3. The number of rotatable bonds is 5. The molecule has 2 aliphatic rings. The summed E-state index contributed by atoms with van der Waals surface area (Å²) in [7, 11) is -5.55. The molecule has 3 rings (SSSR count). The van der Waals surface area contributed by atoms with Crippen molar-refractivity contribution in [2.75, 3.05) is 30.5 Å². The Hall–Kier alpha value is -2.26. The van der Waals surface area contributed by atoms with E-state index in [1.54, 1.807) is 18.2 Å². The van der Waals surface area contributed by atoms with E-state index in [0.717, 1.165) is 0 Å². The molecule has 1 aliphatic heterocycles. The third-order valence-corrected chi connectivity index (χ3v) is 7.56. The zero-order valence-corrected chi connectivity index (χ0v) is 19.2. The van der Waals surface area contributed by atoms with E-state index in [2.05, 4.69) is 27.7 Å². The summed E-state index contributed by atoms with van der Waals surface area (Å²) in [5, 5.41) is 0. The summed E-state index contributed by atoms with van der Waals surface area (Å²) >= 11 is 0. The van der Waals surface area contributed by atoms with Crippen molar-refractivity contribution in [2.24, 2.45) is 5.73 Å². The number of sulfonamides is 1. The lowest BCUT2D eigenvalue weighted by Gasteiger charge is -2.34. The number of halogens is 3. The number of fused-ring (bicyclic) bond motifs is 2. The average molecular weight is 459 g/mol. The van der Waals surface area contributed by atoms with Crippen LogP contribution in [0.3, 0.4) is 0 Å². The van der Waals surface area contributed by atoms with Crippen LogP contribution in [-0.2, 0) is 10.0 Å². The molecule has 0 radical (unpaired) electrons. The quantitative estimate of drug-likeness (QED) is 0.648. The minimum atomic E-state index is -5.55. The Kier molecular flexibility index (Phi) is 7.65. The molecule has 0 aromatic heterocycles. The van der Waals surface area contributed by atoms with Gasteiger partial charge in [0.2, 0.25) is 0 Å². The summed E-state index contributed by atoms with van der Waals surface area (Å²) < 4.78 is 64.7. The van der Waals surface area contributed by atoms with Gasteiger partial charge in [-0.25, -0.2) is 4.31 Å². The first kappa shape index (κ1) is 25.0. The Morgan fingerprint density at radius 2 is 1.55 bits per heavy atom. The fourth-order valence-corrected chi connectivity index (χ4v) is 4.87. The number of hydrogen-bond acceptors (Lipinski definition) is 3. The van der Waals surface area contributed by atoms with Crippen LogP contribution in [0.4, 0.5) is 18.9 Å². The maximum absolute atomic E-state index is 13.0. The van der Waals surface area contributed by atoms with Crippen LogP contribution in [0, 0.1) is 0 Å². The standard InChI is InChI=1S/C14H11F3N2O2S.C8H20N/c15-14(16,17)22(20,21)19-12-4-2-1-3-9(12)7-10-8-11(18)5-6-13(10)19;1-5-9(6-2,7-3)8-4/h1-7H,8,18H2;5-8H2,1-4H3/q;+1. The number of allylic oxidation sites excluding steroid dienone is 4. The molecule has 0 amide bonds. The molecule has 1 heterocycles. The molecule has 0 atom stereocenters. The summed E-state index contributed by atoms with van der Waals surface area (Å²) in [6.07, 6.45) is 4.57. The van der Waals surface area contributed by atoms with Crippen molar-refractivity contribution in [3.05, 3.63) is 58.9 Å². The molecule has 0 saturated heterocycles. The monoisotopic (exact) mass is 458 g/mol. The van der Waals surface area contributed by atoms with Crippen LogP contribution in [0.2, 0.25) is 0 Å². The van der Waals surface area contributed by atoms with Gasteiger partial charge in [0, 0.05) is 12.1 Å². The van der Waals surface area contributed by atoms with E-state index >= 15 is 0 Å². The Bertz CT molecular complexity index is 974. The number of benzene rings is 1. The zero-order valence-electron chi connectivity index (χ0n) is 18.4. The van der Waals surface area contributed by atoms with Crippen molar-refractivity contribution >= 4 is 21.8 Å². The molecular formula is C22H31F3N3O2S+. The SMILES string of the molecule is CC[N+](CC)(CC)CC.NC1=CC=C2C(=Cc3ccccc3N2S(=O)(=O)C(F)(F)F)C1. The van der Waals surface area contributed by atoms with Gasteiger partial charge >= 0.3 is 15.5 Å². The number of para-hydroxylation sites is 1. The van der Waals surface area contributed by atoms with E-state index in [4.69, 9.17) is 5.73 Å². The van der Waals surface area contributed by atoms with E-state index in [-0.39, 0.29) is 17.8 Å². The van der Waals surface area contributed by atoms with E-state index in [1.165, 1.54) is 54.9 Å². The number of quaternary nitrogens is 1. The van der Waals surface area contributed by atoms with Crippen molar-refractivity contribution < 1.29 is 26.1 Å². The fourth-order valence-electron chi connectivity index (χ4n) is 3.80. The van der Waals surface area contributed by atoms with Crippen molar-refractivity contribution in [2.45, 2.75) is 39.6 Å². The second kappa shape index (κ2) is 9.48. The fraction of sp³-hybridized carbons (Fsp3) is 0.455. The minimum absolute atomic E-state index is 0.0229. The highest BCUT2D eigenvalue weighted by Gasteiger charge is 2.52. The molecule has 9 heteroatoms. The van der Waals surface area contributed by atoms with Crippen LogP contribution in [0.5, 0.6) is 0 Å². The highest BCUT2D eigenvalue weighted by atomic mass is 32.2. The van der Waals surface area contributed by atoms with Gasteiger partial charge in [0.25, 0.3) is 0 Å². The van der Waals surface area contributed by atoms with E-state index in [1.807, 2.05) is 0 Å². The molecule has 0 spiro atoms. The topological polar surface area (TPSA) is 63.4 Å². The van der Waals surface area contributed by atoms with E-state index in [0.29, 0.717) is 21.1 Å². The molecule has 2 N–H and O–H groups in total. The number of nitrogens with two attached hydrogens (primary N) is 1. The Morgan fingerprint density at radius 3 is 2.03 bits per heavy atom. The van der Waals surface area contributed by atoms with Gasteiger partial charge < -0.3 is 10.2 Å². The Balaban J connectivity index is 0.000000323. The molecule has 1 aliphatic carbocycles. The summed E-state index contributed by atoms with van der Waals surface area (Å²) in [6, 6.07) is 6.02. The van der Waals surface area contributed by atoms with Crippen molar-refractivity contribution in [1.29, 1.82) is 0 Å². The van der Waals surface area contributed by atoms with Gasteiger partial charge in [-0.1, -0.05) is 18.2 Å². The maximum Gasteiger partial charge on any atom is 0.517 e. The minimum Gasteiger partial charge on any atom is -0.402 e. The largest absolute Gasteiger partial charge is 0.517 e. The molecule has 5 nitrogen and oxygen atoms in total. The van der Waals surface area contributed by atoms with Crippen molar-refractivity contribution in [1.82, 2.24) is 0 Å². The first-order chi connectivity index (χ1) is 14.5. The molecule has 0 unspecified atom stereocenters. The smallest absolute Gasteiger partial charge is 0.402 e. The molecule has 0 bridgehead atoms. The van der Waals surface area contributed by atoms with Gasteiger partial charge in [-0.15, -0.1) is 0 Å². The first-order valence-electron chi connectivity index (χ1n) is 10.4. The first-order valence-corrected chi connectivity index (χ1v) is 11.8. The van der Waals surface area contributed by atoms with Crippen LogP contribution in [0.1, 0.15) is 39.7 Å². The van der Waals surface area contributed by atoms with Crippen molar-refractivity contribution in [3.63, 3.8) is 0 Å². The molecule has 172 valence electrons. The van der Waals surface area contributed by atoms with Crippen LogP contribution < -0.4 is 10.0 Å². The van der Waals surface area contributed by atoms with Gasteiger partial charge in [-0.2, -0.15) is 21.6 Å². The van der Waals surface area contributed by atoms with Crippen LogP contribution in [0.25, 0.3) is 6.08 Å². The highest BCUT2D eigenvalue weighted by Crippen LogP contribution is 2.43. The van der Waals surface area contributed by atoms with Gasteiger partial charge in [0.1, 0.15) is 0 Å². The lowest BCUT2D eigenvalue weighted by molar-refractivity contribution is -0.921. The van der Waals surface area contributed by atoms with E-state index < -0.39 is 15.5 Å². The van der Waals surface area contributed by atoms with Gasteiger partial charge in [0.05, 0.1) is 37.6 Å². The molecular weight excluding hydrogens is 427 g/mol. The third-order valence-electron chi connectivity index (χ3n) is 6.10. The van der Waals surface area contributed by atoms with Gasteiger partial charge in [-0.3, -0.25) is 0 Å². The third kappa shape index (κ3) is 4.98. The average Bonchev–Trinajstić information content (AvgIpc) is 2.73. The van der Waals surface area contributed by atoms with Crippen LogP contribution >= 0.6 is 0 Å². The van der Waals surface area contributed by atoms with Crippen LogP contribution in [0.15, 0.2) is 53.4 Å². The summed E-state index contributed by atoms with van der Waals surface area (Å²) in [5.41, 5.74) is 1.54. The Morgan fingerprint density at radius 1 is 1.00 bits per heavy atom. The molecule has 31 heavy (non-hydrogen) atoms. The predicted molar refractivity (Wildman–Crippen MR) is 119 cm³/mol. The highest BCUT2D eigenvalue weighted by molar-refractivity contribution is 7.93. The summed E-state index contributed by atoms with van der Waals surface area (Å²) in [6.45, 7) is 14.2. The van der Waals surface area contributed by atoms with Crippen molar-refractivity contribution in [3.8, 4) is 0 Å².